The van der Waals surface area contributed by atoms with Crippen LogP contribution in [0.15, 0.2) is 67.3 Å². The van der Waals surface area contributed by atoms with Crippen LogP contribution < -0.4 is 10.6 Å². The third kappa shape index (κ3) is 7.12. The van der Waals surface area contributed by atoms with Gasteiger partial charge in [0.25, 0.3) is 0 Å². The summed E-state index contributed by atoms with van der Waals surface area (Å²) in [6.07, 6.45) is 17.1. The monoisotopic (exact) mass is 614 g/mol. The summed E-state index contributed by atoms with van der Waals surface area (Å²) in [4.78, 5) is 28.1. The van der Waals surface area contributed by atoms with E-state index in [0.717, 1.165) is 60.3 Å². The zero-order chi connectivity index (χ0) is 31.5. The van der Waals surface area contributed by atoms with E-state index in [1.54, 1.807) is 10.9 Å². The molecule has 0 aliphatic heterocycles. The van der Waals surface area contributed by atoms with Crippen LogP contribution in [0.4, 0.5) is 5.82 Å². The molecular formula is C37H42N8O. The number of pyridine rings is 1. The molecule has 46 heavy (non-hydrogen) atoms. The molecule has 7 rings (SSSR count). The maximum absolute atomic E-state index is 13.8. The van der Waals surface area contributed by atoms with E-state index >= 15 is 0 Å². The zero-order valence-electron chi connectivity index (χ0n) is 26.5. The first-order chi connectivity index (χ1) is 22.5. The number of carbonyl (C=O) groups is 1. The predicted molar refractivity (Wildman–Crippen MR) is 176 cm³/mol. The molecule has 1 amide bonds. The normalized spacial score (nSPS) is 20.2. The molecule has 3 aromatic heterocycles. The standard InChI is InChI=1S/C37H42N8O/c1-45-23-31(22-42-45)29-15-16-32(39-20-29)34(37(46)41-19-25-5-3-2-4-6-25)26-9-7-24(8-10-26)17-33-40-21-30(18-38)36(43-33)44-35(27-11-12-27)28-13-14-28/h2-6,15-16,20-24,26-28,34-35H,7-14,17,19H2,1H3,(H,41,46)(H,40,43,44). The highest BCUT2D eigenvalue weighted by Crippen LogP contribution is 2.46. The summed E-state index contributed by atoms with van der Waals surface area (Å²) in [5.74, 6) is 3.28. The number of hydrogen-bond acceptors (Lipinski definition) is 7. The van der Waals surface area contributed by atoms with Gasteiger partial charge in [0.2, 0.25) is 5.91 Å². The SMILES string of the molecule is Cn1cc(-c2ccc(C(C(=O)NCc3ccccc3)C3CCC(Cc4ncc(C#N)c(NC(C5CC5)C5CC5)n4)CC3)nc2)cn1. The second kappa shape index (κ2) is 13.4. The summed E-state index contributed by atoms with van der Waals surface area (Å²) in [5.41, 5.74) is 4.42. The van der Waals surface area contributed by atoms with E-state index < -0.39 is 0 Å². The topological polar surface area (TPSA) is 121 Å². The third-order valence-corrected chi connectivity index (χ3v) is 10.1. The van der Waals surface area contributed by atoms with Crippen molar-refractivity contribution in [3.63, 3.8) is 0 Å². The van der Waals surface area contributed by atoms with Crippen LogP contribution in [0.5, 0.6) is 0 Å². The zero-order valence-corrected chi connectivity index (χ0v) is 26.5. The van der Waals surface area contributed by atoms with E-state index in [1.807, 2.05) is 68.1 Å². The summed E-state index contributed by atoms with van der Waals surface area (Å²) >= 11 is 0. The largest absolute Gasteiger partial charge is 0.366 e. The number of benzene rings is 1. The Morgan fingerprint density at radius 3 is 2.28 bits per heavy atom. The minimum Gasteiger partial charge on any atom is -0.366 e. The van der Waals surface area contributed by atoms with Crippen molar-refractivity contribution in [2.24, 2.45) is 30.7 Å². The number of aryl methyl sites for hydroxylation is 1. The Kier molecular flexibility index (Phi) is 8.78. The van der Waals surface area contributed by atoms with Gasteiger partial charge >= 0.3 is 0 Å². The van der Waals surface area contributed by atoms with E-state index in [1.165, 1.54) is 25.7 Å². The number of amides is 1. The predicted octanol–water partition coefficient (Wildman–Crippen LogP) is 6.19. The molecule has 1 unspecified atom stereocenters. The number of carbonyl (C=O) groups excluding carboxylic acids is 1. The molecule has 2 N–H and O–H groups in total. The molecule has 236 valence electrons. The molecule has 3 fully saturated rings. The minimum atomic E-state index is -0.323. The summed E-state index contributed by atoms with van der Waals surface area (Å²) < 4.78 is 1.78. The van der Waals surface area contributed by atoms with Crippen molar-refractivity contribution >= 4 is 11.7 Å². The molecule has 9 heteroatoms. The van der Waals surface area contributed by atoms with Crippen molar-refractivity contribution in [3.05, 3.63) is 89.9 Å². The van der Waals surface area contributed by atoms with Crippen molar-refractivity contribution in [2.75, 3.05) is 5.32 Å². The van der Waals surface area contributed by atoms with Crippen molar-refractivity contribution in [3.8, 4) is 17.2 Å². The van der Waals surface area contributed by atoms with Crippen LogP contribution >= 0.6 is 0 Å². The van der Waals surface area contributed by atoms with Gasteiger partial charge in [-0.15, -0.1) is 0 Å². The fraction of sp³-hybridized carbons (Fsp3) is 0.459. The first kappa shape index (κ1) is 30.1. The Balaban J connectivity index is 1.03. The fourth-order valence-corrected chi connectivity index (χ4v) is 7.20. The molecule has 3 heterocycles. The lowest BCUT2D eigenvalue weighted by atomic mass is 9.73. The summed E-state index contributed by atoms with van der Waals surface area (Å²) in [6, 6.07) is 16.8. The molecule has 0 radical (unpaired) electrons. The van der Waals surface area contributed by atoms with Crippen LogP contribution in [0.25, 0.3) is 11.1 Å². The van der Waals surface area contributed by atoms with Crippen molar-refractivity contribution in [1.29, 1.82) is 5.26 Å². The van der Waals surface area contributed by atoms with Crippen molar-refractivity contribution in [2.45, 2.75) is 76.3 Å². The Morgan fingerprint density at radius 1 is 0.913 bits per heavy atom. The van der Waals surface area contributed by atoms with Crippen LogP contribution in [0.1, 0.15) is 79.9 Å². The maximum Gasteiger partial charge on any atom is 0.229 e. The average Bonchev–Trinajstić information content (AvgIpc) is 4.03. The van der Waals surface area contributed by atoms with Crippen LogP contribution in [-0.2, 0) is 24.8 Å². The van der Waals surface area contributed by atoms with Crippen LogP contribution in [-0.4, -0.2) is 36.7 Å². The first-order valence-electron chi connectivity index (χ1n) is 16.8. The Morgan fingerprint density at radius 2 is 1.65 bits per heavy atom. The van der Waals surface area contributed by atoms with Gasteiger partial charge in [0.05, 0.1) is 24.0 Å². The molecular weight excluding hydrogens is 572 g/mol. The average molecular weight is 615 g/mol. The number of hydrogen-bond donors (Lipinski definition) is 2. The Labute approximate surface area is 270 Å². The number of anilines is 1. The molecule has 1 aromatic carbocycles. The van der Waals surface area contributed by atoms with Crippen molar-refractivity contribution < 1.29 is 4.79 Å². The van der Waals surface area contributed by atoms with Gasteiger partial charge in [-0.05, 0) is 86.7 Å². The highest BCUT2D eigenvalue weighted by atomic mass is 16.1. The number of rotatable bonds is 12. The third-order valence-electron chi connectivity index (χ3n) is 10.1. The molecule has 9 nitrogen and oxygen atoms in total. The first-order valence-corrected chi connectivity index (χ1v) is 16.8. The molecule has 0 bridgehead atoms. The van der Waals surface area contributed by atoms with Gasteiger partial charge in [0, 0.05) is 49.6 Å². The minimum absolute atomic E-state index is 0.0287. The van der Waals surface area contributed by atoms with Gasteiger partial charge in [-0.1, -0.05) is 36.4 Å². The number of nitrogens with one attached hydrogen (secondary N) is 2. The smallest absolute Gasteiger partial charge is 0.229 e. The number of nitrogens with zero attached hydrogens (tertiary/aromatic N) is 6. The second-order valence-corrected chi connectivity index (χ2v) is 13.5. The van der Waals surface area contributed by atoms with Gasteiger partial charge in [-0.3, -0.25) is 14.5 Å². The molecule has 1 atom stereocenters. The Hall–Kier alpha value is -4.58. The fourth-order valence-electron chi connectivity index (χ4n) is 7.20. The second-order valence-electron chi connectivity index (χ2n) is 13.5. The van der Waals surface area contributed by atoms with Gasteiger partial charge in [0.1, 0.15) is 23.3 Å². The van der Waals surface area contributed by atoms with Crippen LogP contribution in [0, 0.1) is 35.0 Å². The quantitative estimate of drug-likeness (QED) is 0.195. The van der Waals surface area contributed by atoms with Gasteiger partial charge in [-0.25, -0.2) is 9.97 Å². The summed E-state index contributed by atoms with van der Waals surface area (Å²) in [6.45, 7) is 0.494. The molecule has 0 spiro atoms. The van der Waals surface area contributed by atoms with E-state index in [4.69, 9.17) is 9.97 Å². The lowest BCUT2D eigenvalue weighted by molar-refractivity contribution is -0.124. The number of aromatic nitrogens is 5. The van der Waals surface area contributed by atoms with E-state index in [2.05, 4.69) is 26.8 Å². The molecule has 3 aliphatic carbocycles. The lowest BCUT2D eigenvalue weighted by Crippen LogP contribution is -2.35. The van der Waals surface area contributed by atoms with Crippen LogP contribution in [0.3, 0.4) is 0 Å². The summed E-state index contributed by atoms with van der Waals surface area (Å²) in [7, 11) is 1.90. The molecule has 0 saturated heterocycles. The van der Waals surface area contributed by atoms with Gasteiger partial charge < -0.3 is 10.6 Å². The van der Waals surface area contributed by atoms with E-state index in [-0.39, 0.29) is 17.7 Å². The van der Waals surface area contributed by atoms with Crippen molar-refractivity contribution in [1.82, 2.24) is 30.0 Å². The highest BCUT2D eigenvalue weighted by Gasteiger charge is 2.42. The maximum atomic E-state index is 13.8. The highest BCUT2D eigenvalue weighted by molar-refractivity contribution is 5.83. The van der Waals surface area contributed by atoms with E-state index in [0.29, 0.717) is 41.7 Å². The lowest BCUT2D eigenvalue weighted by Gasteiger charge is -2.33. The van der Waals surface area contributed by atoms with Gasteiger partial charge in [0.15, 0.2) is 0 Å². The summed E-state index contributed by atoms with van der Waals surface area (Å²) in [5, 5.41) is 20.9. The Bertz CT molecular complexity index is 1670. The number of nitriles is 1. The molecule has 4 aromatic rings. The van der Waals surface area contributed by atoms with Gasteiger partial charge in [-0.2, -0.15) is 10.4 Å². The molecule has 3 aliphatic rings. The van der Waals surface area contributed by atoms with Crippen LogP contribution in [0.2, 0.25) is 0 Å². The van der Waals surface area contributed by atoms with E-state index in [9.17, 15) is 10.1 Å². The molecule has 3 saturated carbocycles.